The molecule has 1 saturated heterocycles. The first-order chi connectivity index (χ1) is 7.49. The minimum atomic E-state index is -4.05. The van der Waals surface area contributed by atoms with Crippen molar-refractivity contribution in [1.29, 1.82) is 0 Å². The fourth-order valence-electron chi connectivity index (χ4n) is 2.54. The van der Waals surface area contributed by atoms with E-state index < -0.39 is 12.6 Å². The van der Waals surface area contributed by atoms with E-state index >= 15 is 0 Å². The molecule has 1 unspecified atom stereocenters. The Morgan fingerprint density at radius 1 is 1.31 bits per heavy atom. The lowest BCUT2D eigenvalue weighted by Crippen LogP contribution is -2.51. The molecule has 0 aromatic rings. The van der Waals surface area contributed by atoms with E-state index in [-0.39, 0.29) is 18.2 Å². The second kappa shape index (κ2) is 4.53. The molecule has 1 spiro atoms. The van der Waals surface area contributed by atoms with Gasteiger partial charge < -0.3 is 10.1 Å². The second-order valence-electron chi connectivity index (χ2n) is 4.89. The highest BCUT2D eigenvalue weighted by molar-refractivity contribution is 4.95. The third-order valence-electron chi connectivity index (χ3n) is 3.60. The molecule has 2 aliphatic rings. The molecule has 1 atom stereocenters. The van der Waals surface area contributed by atoms with Crippen molar-refractivity contribution in [2.75, 3.05) is 13.2 Å². The molecule has 1 heterocycles. The predicted octanol–water partition coefficient (Wildman–Crippen LogP) is 2.63. The zero-order valence-electron chi connectivity index (χ0n) is 9.28. The molecule has 0 amide bonds. The summed E-state index contributed by atoms with van der Waals surface area (Å²) in [5.74, 6) is 0. The molecule has 1 aliphatic carbocycles. The van der Waals surface area contributed by atoms with Crippen LogP contribution in [0.5, 0.6) is 0 Å². The third-order valence-corrected chi connectivity index (χ3v) is 3.60. The van der Waals surface area contributed by atoms with E-state index in [2.05, 4.69) is 5.32 Å². The molecule has 16 heavy (non-hydrogen) atoms. The molecule has 2 fully saturated rings. The molecule has 0 aromatic heterocycles. The summed E-state index contributed by atoms with van der Waals surface area (Å²) in [6.07, 6.45) is 0.262. The molecule has 0 radical (unpaired) electrons. The Bertz CT molecular complexity index is 238. The summed E-state index contributed by atoms with van der Waals surface area (Å²) < 4.78 is 41.6. The number of rotatable bonds is 3. The highest BCUT2D eigenvalue weighted by Crippen LogP contribution is 2.42. The van der Waals surface area contributed by atoms with Crippen molar-refractivity contribution < 1.29 is 17.9 Å². The number of ether oxygens (including phenoxy) is 1. The predicted molar refractivity (Wildman–Crippen MR) is 54.2 cm³/mol. The van der Waals surface area contributed by atoms with Gasteiger partial charge in [0.2, 0.25) is 0 Å². The summed E-state index contributed by atoms with van der Waals surface area (Å²) in [6.45, 7) is 0.716. The van der Waals surface area contributed by atoms with Crippen LogP contribution in [0, 0.1) is 0 Å². The molecular formula is C11H18F3NO. The van der Waals surface area contributed by atoms with Crippen LogP contribution >= 0.6 is 0 Å². The van der Waals surface area contributed by atoms with Crippen molar-refractivity contribution in [1.82, 2.24) is 5.32 Å². The molecule has 0 aromatic carbocycles. The maximum absolute atomic E-state index is 12.0. The number of hydrogen-bond acceptors (Lipinski definition) is 2. The highest BCUT2D eigenvalue weighted by Gasteiger charge is 2.42. The van der Waals surface area contributed by atoms with Crippen molar-refractivity contribution >= 4 is 0 Å². The van der Waals surface area contributed by atoms with Crippen LogP contribution in [0.4, 0.5) is 13.2 Å². The van der Waals surface area contributed by atoms with Gasteiger partial charge >= 0.3 is 6.18 Å². The SMILES string of the molecule is FC(F)(F)CCNC1CCOC2(CCC2)C1. The summed E-state index contributed by atoms with van der Waals surface area (Å²) in [4.78, 5) is 0. The first-order valence-corrected chi connectivity index (χ1v) is 5.93. The lowest BCUT2D eigenvalue weighted by molar-refractivity contribution is -0.141. The minimum Gasteiger partial charge on any atom is -0.375 e. The second-order valence-corrected chi connectivity index (χ2v) is 4.89. The van der Waals surface area contributed by atoms with Gasteiger partial charge in [0.05, 0.1) is 12.0 Å². The number of halogens is 3. The van der Waals surface area contributed by atoms with Gasteiger partial charge in [0.25, 0.3) is 0 Å². The number of nitrogens with one attached hydrogen (secondary N) is 1. The third kappa shape index (κ3) is 3.10. The van der Waals surface area contributed by atoms with Crippen LogP contribution in [0.25, 0.3) is 0 Å². The minimum absolute atomic E-state index is 0.00808. The average Bonchev–Trinajstić information content (AvgIpc) is 2.14. The maximum atomic E-state index is 12.0. The average molecular weight is 237 g/mol. The first-order valence-electron chi connectivity index (χ1n) is 5.93. The Hall–Kier alpha value is -0.290. The number of alkyl halides is 3. The van der Waals surface area contributed by atoms with Crippen molar-refractivity contribution in [3.8, 4) is 0 Å². The lowest BCUT2D eigenvalue weighted by Gasteiger charge is -2.47. The van der Waals surface area contributed by atoms with Crippen LogP contribution < -0.4 is 5.32 Å². The van der Waals surface area contributed by atoms with Gasteiger partial charge in [-0.3, -0.25) is 0 Å². The van der Waals surface area contributed by atoms with E-state index in [0.29, 0.717) is 6.61 Å². The Kier molecular flexibility index (Phi) is 3.45. The Labute approximate surface area is 93.5 Å². The zero-order chi connectivity index (χ0) is 11.6. The maximum Gasteiger partial charge on any atom is 0.390 e. The van der Waals surface area contributed by atoms with Gasteiger partial charge in [-0.25, -0.2) is 0 Å². The van der Waals surface area contributed by atoms with E-state index in [4.69, 9.17) is 4.74 Å². The van der Waals surface area contributed by atoms with E-state index in [9.17, 15) is 13.2 Å². The first kappa shape index (κ1) is 12.2. The molecule has 5 heteroatoms. The molecule has 1 N–H and O–H groups in total. The Morgan fingerprint density at radius 3 is 2.62 bits per heavy atom. The van der Waals surface area contributed by atoms with Crippen LogP contribution in [-0.4, -0.2) is 31.0 Å². The molecule has 1 saturated carbocycles. The van der Waals surface area contributed by atoms with Gasteiger partial charge in [-0.05, 0) is 32.1 Å². The van der Waals surface area contributed by atoms with Gasteiger partial charge in [0.15, 0.2) is 0 Å². The summed E-state index contributed by atoms with van der Waals surface area (Å²) in [7, 11) is 0. The highest BCUT2D eigenvalue weighted by atomic mass is 19.4. The van der Waals surface area contributed by atoms with Gasteiger partial charge in [-0.1, -0.05) is 0 Å². The molecule has 94 valence electrons. The fourth-order valence-corrected chi connectivity index (χ4v) is 2.54. The lowest BCUT2D eigenvalue weighted by atomic mass is 9.74. The topological polar surface area (TPSA) is 21.3 Å². The standard InChI is InChI=1S/C11H18F3NO/c12-11(13,14)5-6-15-9-2-7-16-10(8-9)3-1-4-10/h9,15H,1-8H2. The van der Waals surface area contributed by atoms with Crippen LogP contribution in [0.15, 0.2) is 0 Å². The smallest absolute Gasteiger partial charge is 0.375 e. The summed E-state index contributed by atoms with van der Waals surface area (Å²) in [6, 6.07) is 0.205. The van der Waals surface area contributed by atoms with Crippen LogP contribution in [0.3, 0.4) is 0 Å². The van der Waals surface area contributed by atoms with Gasteiger partial charge in [-0.15, -0.1) is 0 Å². The van der Waals surface area contributed by atoms with Crippen molar-refractivity contribution in [3.63, 3.8) is 0 Å². The largest absolute Gasteiger partial charge is 0.390 e. The van der Waals surface area contributed by atoms with Crippen molar-refractivity contribution in [3.05, 3.63) is 0 Å². The van der Waals surface area contributed by atoms with E-state index in [1.54, 1.807) is 0 Å². The van der Waals surface area contributed by atoms with E-state index in [1.165, 1.54) is 6.42 Å². The fraction of sp³-hybridized carbons (Fsp3) is 1.00. The quantitative estimate of drug-likeness (QED) is 0.814. The molecule has 2 rings (SSSR count). The Balaban J connectivity index is 1.69. The van der Waals surface area contributed by atoms with Crippen LogP contribution in [0.2, 0.25) is 0 Å². The van der Waals surface area contributed by atoms with Crippen LogP contribution in [0.1, 0.15) is 38.5 Å². The zero-order valence-corrected chi connectivity index (χ0v) is 9.28. The molecular weight excluding hydrogens is 219 g/mol. The van der Waals surface area contributed by atoms with E-state index in [0.717, 1.165) is 25.7 Å². The van der Waals surface area contributed by atoms with Crippen molar-refractivity contribution in [2.45, 2.75) is 56.3 Å². The summed E-state index contributed by atoms with van der Waals surface area (Å²) in [5.41, 5.74) is 0.00808. The molecule has 1 aliphatic heterocycles. The Morgan fingerprint density at radius 2 is 2.06 bits per heavy atom. The molecule has 0 bridgehead atoms. The summed E-state index contributed by atoms with van der Waals surface area (Å²) >= 11 is 0. The summed E-state index contributed by atoms with van der Waals surface area (Å²) in [5, 5.41) is 3.00. The van der Waals surface area contributed by atoms with Crippen LogP contribution in [-0.2, 0) is 4.74 Å². The van der Waals surface area contributed by atoms with Crippen molar-refractivity contribution in [2.24, 2.45) is 0 Å². The van der Waals surface area contributed by atoms with E-state index in [1.807, 2.05) is 0 Å². The normalized spacial score (nSPS) is 29.1. The monoisotopic (exact) mass is 237 g/mol. The number of hydrogen-bond donors (Lipinski definition) is 1. The van der Waals surface area contributed by atoms with Gasteiger partial charge in [0, 0.05) is 19.2 Å². The molecule has 2 nitrogen and oxygen atoms in total. The van der Waals surface area contributed by atoms with Gasteiger partial charge in [-0.2, -0.15) is 13.2 Å². The van der Waals surface area contributed by atoms with Gasteiger partial charge in [0.1, 0.15) is 0 Å².